The van der Waals surface area contributed by atoms with Crippen LogP contribution >= 0.6 is 15.9 Å². The highest BCUT2D eigenvalue weighted by Gasteiger charge is 2.23. The van der Waals surface area contributed by atoms with Crippen molar-refractivity contribution in [3.8, 4) is 0 Å². The lowest BCUT2D eigenvalue weighted by atomic mass is 10.1. The number of benzene rings is 1. The minimum absolute atomic E-state index is 0.230. The zero-order chi connectivity index (χ0) is 14.0. The maximum atomic E-state index is 11.9. The fourth-order valence-electron chi connectivity index (χ4n) is 2.16. The zero-order valence-corrected chi connectivity index (χ0v) is 12.9. The molecule has 4 nitrogen and oxygen atoms in total. The monoisotopic (exact) mass is 324 g/mol. The van der Waals surface area contributed by atoms with E-state index < -0.39 is 0 Å². The summed E-state index contributed by atoms with van der Waals surface area (Å²) in [5.74, 6) is 0.173. The Labute approximate surface area is 120 Å². The minimum atomic E-state index is -0.355. The van der Waals surface area contributed by atoms with E-state index in [1.807, 2.05) is 39.0 Å². The normalized spacial score (nSPS) is 12.6. The standard InChI is InChI=1S/C14H17BrN2O2/c1-4-17-12-7-6-10(15)8-11(12)16-13(17)9(3)14(18)19-5-2/h6-9H,4-5H2,1-3H3. The summed E-state index contributed by atoms with van der Waals surface area (Å²) in [4.78, 5) is 16.5. The topological polar surface area (TPSA) is 44.1 Å². The fraction of sp³-hybridized carbons (Fsp3) is 0.429. The quantitative estimate of drug-likeness (QED) is 0.809. The van der Waals surface area contributed by atoms with Crippen molar-refractivity contribution in [2.45, 2.75) is 33.2 Å². The second kappa shape index (κ2) is 5.74. The van der Waals surface area contributed by atoms with Crippen LogP contribution in [0.3, 0.4) is 0 Å². The number of carbonyl (C=O) groups excluding carboxylic acids is 1. The van der Waals surface area contributed by atoms with Gasteiger partial charge in [0, 0.05) is 11.0 Å². The van der Waals surface area contributed by atoms with Gasteiger partial charge < -0.3 is 9.30 Å². The molecule has 0 spiro atoms. The average Bonchev–Trinajstić information content (AvgIpc) is 2.75. The predicted octanol–water partition coefficient (Wildman–Crippen LogP) is 3.49. The van der Waals surface area contributed by atoms with Crippen molar-refractivity contribution in [2.75, 3.05) is 6.61 Å². The summed E-state index contributed by atoms with van der Waals surface area (Å²) in [5, 5.41) is 0. The van der Waals surface area contributed by atoms with Crippen LogP contribution in [-0.4, -0.2) is 22.1 Å². The number of carbonyl (C=O) groups is 1. The van der Waals surface area contributed by atoms with Gasteiger partial charge in [-0.15, -0.1) is 0 Å². The van der Waals surface area contributed by atoms with Crippen LogP contribution in [0, 0.1) is 0 Å². The van der Waals surface area contributed by atoms with E-state index in [9.17, 15) is 4.79 Å². The average molecular weight is 325 g/mol. The molecule has 2 aromatic rings. The van der Waals surface area contributed by atoms with E-state index in [0.717, 1.165) is 27.9 Å². The number of hydrogen-bond acceptors (Lipinski definition) is 3. The highest BCUT2D eigenvalue weighted by atomic mass is 79.9. The predicted molar refractivity (Wildman–Crippen MR) is 78.2 cm³/mol. The van der Waals surface area contributed by atoms with Gasteiger partial charge in [-0.25, -0.2) is 4.98 Å². The Morgan fingerprint density at radius 1 is 1.47 bits per heavy atom. The van der Waals surface area contributed by atoms with E-state index >= 15 is 0 Å². The Morgan fingerprint density at radius 3 is 2.84 bits per heavy atom. The summed E-state index contributed by atoms with van der Waals surface area (Å²) in [6, 6.07) is 5.95. The van der Waals surface area contributed by atoms with E-state index in [4.69, 9.17) is 4.74 Å². The van der Waals surface area contributed by atoms with Gasteiger partial charge in [-0.1, -0.05) is 15.9 Å². The lowest BCUT2D eigenvalue weighted by Gasteiger charge is -2.12. The second-order valence-corrected chi connectivity index (χ2v) is 5.24. The number of ether oxygens (including phenoxy) is 1. The van der Waals surface area contributed by atoms with Crippen molar-refractivity contribution >= 4 is 32.9 Å². The Balaban J connectivity index is 2.50. The SMILES string of the molecule is CCOC(=O)C(C)c1nc2cc(Br)ccc2n1CC. The molecule has 0 N–H and O–H groups in total. The lowest BCUT2D eigenvalue weighted by molar-refractivity contribution is -0.144. The number of imidazole rings is 1. The van der Waals surface area contributed by atoms with Gasteiger partial charge in [0.1, 0.15) is 11.7 Å². The number of hydrogen-bond donors (Lipinski definition) is 0. The molecule has 5 heteroatoms. The second-order valence-electron chi connectivity index (χ2n) is 4.32. The van der Waals surface area contributed by atoms with Crippen LogP contribution < -0.4 is 0 Å². The molecule has 0 bridgehead atoms. The van der Waals surface area contributed by atoms with E-state index in [1.165, 1.54) is 0 Å². The van der Waals surface area contributed by atoms with Gasteiger partial charge in [-0.3, -0.25) is 4.79 Å². The van der Waals surface area contributed by atoms with Crippen molar-refractivity contribution < 1.29 is 9.53 Å². The van der Waals surface area contributed by atoms with Crippen LogP contribution in [-0.2, 0) is 16.1 Å². The van der Waals surface area contributed by atoms with Crippen LogP contribution in [0.5, 0.6) is 0 Å². The van der Waals surface area contributed by atoms with Crippen LogP contribution in [0.25, 0.3) is 11.0 Å². The van der Waals surface area contributed by atoms with Gasteiger partial charge >= 0.3 is 5.97 Å². The molecular formula is C14H17BrN2O2. The Kier molecular flexibility index (Phi) is 4.24. The number of aromatic nitrogens is 2. The maximum Gasteiger partial charge on any atom is 0.316 e. The molecule has 0 amide bonds. The highest BCUT2D eigenvalue weighted by molar-refractivity contribution is 9.10. The van der Waals surface area contributed by atoms with Gasteiger partial charge in [0.25, 0.3) is 0 Å². The first kappa shape index (κ1) is 14.1. The maximum absolute atomic E-state index is 11.9. The Morgan fingerprint density at radius 2 is 2.21 bits per heavy atom. The molecule has 1 unspecified atom stereocenters. The van der Waals surface area contributed by atoms with Crippen LogP contribution in [0.15, 0.2) is 22.7 Å². The molecule has 0 saturated heterocycles. The van der Waals surface area contributed by atoms with Crippen LogP contribution in [0.2, 0.25) is 0 Å². The van der Waals surface area contributed by atoms with Crippen molar-refractivity contribution in [2.24, 2.45) is 0 Å². The Bertz CT molecular complexity index is 607. The first-order valence-electron chi connectivity index (χ1n) is 6.40. The van der Waals surface area contributed by atoms with E-state index in [0.29, 0.717) is 6.61 Å². The molecule has 19 heavy (non-hydrogen) atoms. The molecule has 0 aliphatic rings. The minimum Gasteiger partial charge on any atom is -0.465 e. The fourth-order valence-corrected chi connectivity index (χ4v) is 2.51. The van der Waals surface area contributed by atoms with E-state index in [1.54, 1.807) is 0 Å². The highest BCUT2D eigenvalue weighted by Crippen LogP contribution is 2.25. The van der Waals surface area contributed by atoms with Crippen LogP contribution in [0.1, 0.15) is 32.5 Å². The smallest absolute Gasteiger partial charge is 0.316 e. The first-order chi connectivity index (χ1) is 9.08. The molecule has 0 saturated carbocycles. The number of rotatable bonds is 4. The molecule has 2 rings (SSSR count). The molecule has 0 radical (unpaired) electrons. The summed E-state index contributed by atoms with van der Waals surface area (Å²) in [6.45, 7) is 6.85. The number of esters is 1. The molecule has 0 aliphatic carbocycles. The van der Waals surface area contributed by atoms with Crippen molar-refractivity contribution in [1.29, 1.82) is 0 Å². The van der Waals surface area contributed by atoms with Crippen molar-refractivity contribution in [3.63, 3.8) is 0 Å². The number of nitrogens with zero attached hydrogens (tertiary/aromatic N) is 2. The molecule has 1 aromatic carbocycles. The number of aryl methyl sites for hydroxylation is 1. The van der Waals surface area contributed by atoms with Gasteiger partial charge in [0.2, 0.25) is 0 Å². The van der Waals surface area contributed by atoms with Gasteiger partial charge in [0.15, 0.2) is 0 Å². The lowest BCUT2D eigenvalue weighted by Crippen LogP contribution is -2.17. The van der Waals surface area contributed by atoms with Gasteiger partial charge in [0.05, 0.1) is 17.6 Å². The summed E-state index contributed by atoms with van der Waals surface area (Å²) in [5.41, 5.74) is 1.93. The van der Waals surface area contributed by atoms with E-state index in [-0.39, 0.29) is 11.9 Å². The van der Waals surface area contributed by atoms with Crippen LogP contribution in [0.4, 0.5) is 0 Å². The number of halogens is 1. The molecule has 0 aliphatic heterocycles. The third-order valence-corrected chi connectivity index (χ3v) is 3.58. The Hall–Kier alpha value is -1.36. The summed E-state index contributed by atoms with van der Waals surface area (Å²) < 4.78 is 8.12. The molecule has 1 atom stereocenters. The van der Waals surface area contributed by atoms with Gasteiger partial charge in [-0.05, 0) is 39.0 Å². The van der Waals surface area contributed by atoms with Gasteiger partial charge in [-0.2, -0.15) is 0 Å². The van der Waals surface area contributed by atoms with E-state index in [2.05, 4.69) is 25.5 Å². The first-order valence-corrected chi connectivity index (χ1v) is 7.20. The summed E-state index contributed by atoms with van der Waals surface area (Å²) in [6.07, 6.45) is 0. The molecule has 1 aromatic heterocycles. The van der Waals surface area contributed by atoms with Crippen molar-refractivity contribution in [3.05, 3.63) is 28.5 Å². The molecule has 102 valence electrons. The summed E-state index contributed by atoms with van der Waals surface area (Å²) >= 11 is 3.44. The number of fused-ring (bicyclic) bond motifs is 1. The molecule has 0 fully saturated rings. The zero-order valence-electron chi connectivity index (χ0n) is 11.3. The summed E-state index contributed by atoms with van der Waals surface area (Å²) in [7, 11) is 0. The largest absolute Gasteiger partial charge is 0.465 e. The third-order valence-electron chi connectivity index (χ3n) is 3.08. The third kappa shape index (κ3) is 2.66. The molecule has 1 heterocycles. The van der Waals surface area contributed by atoms with Crippen molar-refractivity contribution in [1.82, 2.24) is 9.55 Å². The molecular weight excluding hydrogens is 308 g/mol.